The molecule has 0 N–H and O–H groups in total. The summed E-state index contributed by atoms with van der Waals surface area (Å²) in [6, 6.07) is 12.8. The van der Waals surface area contributed by atoms with Crippen molar-refractivity contribution in [3.05, 3.63) is 63.6 Å². The lowest BCUT2D eigenvalue weighted by Gasteiger charge is -2.42. The van der Waals surface area contributed by atoms with Crippen LogP contribution in [0.1, 0.15) is 28.3 Å². The Labute approximate surface area is 211 Å². The van der Waals surface area contributed by atoms with Crippen LogP contribution in [-0.4, -0.2) is 82.3 Å². The molecule has 2 aromatic carbocycles. The first-order valence-corrected chi connectivity index (χ1v) is 13.9. The van der Waals surface area contributed by atoms with Gasteiger partial charge in [0.05, 0.1) is 29.5 Å². The van der Waals surface area contributed by atoms with E-state index in [1.54, 1.807) is 24.1 Å². The molecule has 2 heterocycles. The van der Waals surface area contributed by atoms with E-state index in [1.165, 1.54) is 10.6 Å². The van der Waals surface area contributed by atoms with Crippen LogP contribution in [0.25, 0.3) is 0 Å². The molecule has 2 aliphatic rings. The summed E-state index contributed by atoms with van der Waals surface area (Å²) in [5.41, 5.74) is 2.52. The molecule has 0 aromatic heterocycles. The first-order valence-electron chi connectivity index (χ1n) is 11.2. The van der Waals surface area contributed by atoms with Crippen molar-refractivity contribution >= 4 is 44.8 Å². The number of amides is 1. The number of carbonyl (C=O) groups excluding carboxylic acids is 1. The van der Waals surface area contributed by atoms with Gasteiger partial charge in [-0.15, -0.1) is 0 Å². The van der Waals surface area contributed by atoms with Gasteiger partial charge in [-0.05, 0) is 48.4 Å². The van der Waals surface area contributed by atoms with Gasteiger partial charge in [0.25, 0.3) is 5.91 Å². The lowest BCUT2D eigenvalue weighted by Crippen LogP contribution is -2.51. The fourth-order valence-corrected chi connectivity index (χ4v) is 5.91. The van der Waals surface area contributed by atoms with Crippen LogP contribution in [0.4, 0.5) is 5.69 Å². The van der Waals surface area contributed by atoms with E-state index in [-0.39, 0.29) is 24.4 Å². The van der Waals surface area contributed by atoms with E-state index in [0.29, 0.717) is 41.8 Å². The lowest BCUT2D eigenvalue weighted by atomic mass is 9.85. The number of carbonyl (C=O) groups is 1. The van der Waals surface area contributed by atoms with Crippen molar-refractivity contribution in [2.75, 3.05) is 57.6 Å². The van der Waals surface area contributed by atoms with Gasteiger partial charge < -0.3 is 14.5 Å². The highest BCUT2D eigenvalue weighted by Crippen LogP contribution is 2.35. The third-order valence-electron chi connectivity index (χ3n) is 6.69. The molecule has 1 amide bonds. The Hall–Kier alpha value is -1.84. The zero-order valence-electron chi connectivity index (χ0n) is 19.3. The van der Waals surface area contributed by atoms with E-state index in [0.717, 1.165) is 24.3 Å². The summed E-state index contributed by atoms with van der Waals surface area (Å²) in [7, 11) is -1.58. The van der Waals surface area contributed by atoms with Gasteiger partial charge in [0.2, 0.25) is 10.0 Å². The van der Waals surface area contributed by atoms with Gasteiger partial charge in [-0.2, -0.15) is 0 Å². The average Bonchev–Trinajstić information content (AvgIpc) is 2.84. The molecule has 10 heteroatoms. The average molecular weight is 526 g/mol. The minimum absolute atomic E-state index is 0.101. The zero-order chi connectivity index (χ0) is 24.5. The van der Waals surface area contributed by atoms with E-state index in [2.05, 4.69) is 4.90 Å². The third-order valence-corrected chi connectivity index (χ3v) is 8.70. The fourth-order valence-electron chi connectivity index (χ4n) is 4.74. The van der Waals surface area contributed by atoms with Crippen molar-refractivity contribution in [3.63, 3.8) is 0 Å². The molecular weight excluding hydrogens is 497 g/mol. The SMILES string of the molecule is CN(C(=O)c1ccc(N2CCOCC2)cc1)[C@@H]1CCN(S(C)(=O)=O)C[C@H]1c1ccc(Cl)c(Cl)c1. The van der Waals surface area contributed by atoms with Crippen LogP contribution in [0.15, 0.2) is 42.5 Å². The second kappa shape index (κ2) is 10.4. The molecule has 0 unspecified atom stereocenters. The maximum Gasteiger partial charge on any atom is 0.253 e. The monoisotopic (exact) mass is 525 g/mol. The summed E-state index contributed by atoms with van der Waals surface area (Å²) in [4.78, 5) is 17.4. The van der Waals surface area contributed by atoms with E-state index in [4.69, 9.17) is 27.9 Å². The van der Waals surface area contributed by atoms with Gasteiger partial charge >= 0.3 is 0 Å². The number of morpholine rings is 1. The number of hydrogen-bond acceptors (Lipinski definition) is 5. The first kappa shape index (κ1) is 25.3. The van der Waals surface area contributed by atoms with Gasteiger partial charge in [0, 0.05) is 56.4 Å². The molecule has 2 atom stereocenters. The molecule has 2 aromatic rings. The van der Waals surface area contributed by atoms with Crippen LogP contribution in [0, 0.1) is 0 Å². The third kappa shape index (κ3) is 5.52. The molecule has 0 aliphatic carbocycles. The van der Waals surface area contributed by atoms with Crippen LogP contribution in [-0.2, 0) is 14.8 Å². The zero-order valence-corrected chi connectivity index (χ0v) is 21.6. The summed E-state index contributed by atoms with van der Waals surface area (Å²) in [6.45, 7) is 3.69. The molecule has 0 bridgehead atoms. The van der Waals surface area contributed by atoms with E-state index < -0.39 is 10.0 Å². The van der Waals surface area contributed by atoms with E-state index in [9.17, 15) is 13.2 Å². The van der Waals surface area contributed by atoms with Crippen LogP contribution >= 0.6 is 23.2 Å². The van der Waals surface area contributed by atoms with E-state index >= 15 is 0 Å². The number of ether oxygens (including phenoxy) is 1. The predicted molar refractivity (Wildman–Crippen MR) is 136 cm³/mol. The maximum atomic E-state index is 13.4. The molecule has 0 radical (unpaired) electrons. The Morgan fingerprint density at radius 2 is 1.71 bits per heavy atom. The molecule has 7 nitrogen and oxygen atoms in total. The second-order valence-electron chi connectivity index (χ2n) is 8.82. The Morgan fingerprint density at radius 3 is 2.32 bits per heavy atom. The van der Waals surface area contributed by atoms with Crippen molar-refractivity contribution in [1.29, 1.82) is 0 Å². The van der Waals surface area contributed by atoms with Crippen molar-refractivity contribution in [1.82, 2.24) is 9.21 Å². The lowest BCUT2D eigenvalue weighted by molar-refractivity contribution is 0.0649. The molecule has 2 fully saturated rings. The highest BCUT2D eigenvalue weighted by Gasteiger charge is 2.38. The number of hydrogen-bond donors (Lipinski definition) is 0. The summed E-state index contributed by atoms with van der Waals surface area (Å²) in [5.74, 6) is -0.337. The summed E-state index contributed by atoms with van der Waals surface area (Å²) >= 11 is 12.4. The van der Waals surface area contributed by atoms with Gasteiger partial charge in [-0.25, -0.2) is 12.7 Å². The predicted octanol–water partition coefficient (Wildman–Crippen LogP) is 3.72. The minimum atomic E-state index is -3.36. The Bertz CT molecular complexity index is 1140. The number of piperidine rings is 1. The smallest absolute Gasteiger partial charge is 0.253 e. The van der Waals surface area contributed by atoms with E-state index in [1.807, 2.05) is 30.3 Å². The Morgan fingerprint density at radius 1 is 1.03 bits per heavy atom. The molecular formula is C24H29Cl2N3O4S. The van der Waals surface area contributed by atoms with Crippen LogP contribution in [0.2, 0.25) is 10.0 Å². The van der Waals surface area contributed by atoms with Gasteiger partial charge in [0.15, 0.2) is 0 Å². The molecule has 184 valence electrons. The Balaban J connectivity index is 1.57. The van der Waals surface area contributed by atoms with Crippen LogP contribution in [0.3, 0.4) is 0 Å². The molecule has 2 aliphatic heterocycles. The molecule has 34 heavy (non-hydrogen) atoms. The first-order chi connectivity index (χ1) is 16.1. The van der Waals surface area contributed by atoms with Crippen molar-refractivity contribution in [2.24, 2.45) is 0 Å². The normalized spacial score (nSPS) is 21.9. The number of benzene rings is 2. The number of nitrogens with zero attached hydrogens (tertiary/aromatic N) is 3. The van der Waals surface area contributed by atoms with Crippen LogP contribution in [0.5, 0.6) is 0 Å². The van der Waals surface area contributed by atoms with Crippen molar-refractivity contribution in [2.45, 2.75) is 18.4 Å². The largest absolute Gasteiger partial charge is 0.378 e. The number of anilines is 1. The topological polar surface area (TPSA) is 70.2 Å². The summed E-state index contributed by atoms with van der Waals surface area (Å²) in [6.07, 6.45) is 1.73. The fraction of sp³-hybridized carbons (Fsp3) is 0.458. The highest BCUT2D eigenvalue weighted by molar-refractivity contribution is 7.88. The van der Waals surface area contributed by atoms with Gasteiger partial charge in [0.1, 0.15) is 0 Å². The second-order valence-corrected chi connectivity index (χ2v) is 11.6. The molecule has 2 saturated heterocycles. The molecule has 0 spiro atoms. The minimum Gasteiger partial charge on any atom is -0.378 e. The Kier molecular flexibility index (Phi) is 7.74. The van der Waals surface area contributed by atoms with Gasteiger partial charge in [-0.3, -0.25) is 4.79 Å². The highest BCUT2D eigenvalue weighted by atomic mass is 35.5. The van der Waals surface area contributed by atoms with Crippen LogP contribution < -0.4 is 4.90 Å². The number of rotatable bonds is 5. The van der Waals surface area contributed by atoms with Gasteiger partial charge in [-0.1, -0.05) is 29.3 Å². The number of halogens is 2. The standard InChI is InChI=1S/C24H29Cl2N3O4S/c1-27(24(30)17-3-6-19(7-4-17)28-11-13-33-14-12-28)23-9-10-29(34(2,31)32)16-20(23)18-5-8-21(25)22(26)15-18/h3-8,15,20,23H,9-14,16H2,1-2H3/t20-,23+/m0/s1. The molecule has 0 saturated carbocycles. The molecule has 4 rings (SSSR count). The van der Waals surface area contributed by atoms with Crippen molar-refractivity contribution in [3.8, 4) is 0 Å². The summed E-state index contributed by atoms with van der Waals surface area (Å²) in [5, 5.41) is 0.838. The number of sulfonamides is 1. The number of likely N-dealkylation sites (N-methyl/N-ethyl adjacent to an activating group) is 1. The summed E-state index contributed by atoms with van der Waals surface area (Å²) < 4.78 is 31.4. The van der Waals surface area contributed by atoms with Crippen molar-refractivity contribution < 1.29 is 17.9 Å². The quantitative estimate of drug-likeness (QED) is 0.594. The maximum absolute atomic E-state index is 13.4.